The summed E-state index contributed by atoms with van der Waals surface area (Å²) < 4.78 is 33.0. The van der Waals surface area contributed by atoms with Crippen LogP contribution in [-0.4, -0.2) is 0 Å². The minimum absolute atomic E-state index is 0.117. The largest absolute Gasteiger partial charge is 0.450 e. The Balaban J connectivity index is 2.44. The third-order valence-corrected chi connectivity index (χ3v) is 2.95. The van der Waals surface area contributed by atoms with Gasteiger partial charge >= 0.3 is 0 Å². The van der Waals surface area contributed by atoms with E-state index < -0.39 is 17.4 Å². The zero-order valence-corrected chi connectivity index (χ0v) is 11.0. The van der Waals surface area contributed by atoms with Gasteiger partial charge < -0.3 is 10.5 Å². The molecule has 2 aromatic rings. The Kier molecular flexibility index (Phi) is 3.67. The Labute approximate surface area is 116 Å². The first-order valence-electron chi connectivity index (χ1n) is 5.13. The van der Waals surface area contributed by atoms with Crippen LogP contribution in [0.1, 0.15) is 5.56 Å². The molecule has 0 aliphatic rings. The van der Waals surface area contributed by atoms with Crippen LogP contribution in [0.3, 0.4) is 0 Å². The van der Waals surface area contributed by atoms with Crippen molar-refractivity contribution >= 4 is 21.6 Å². The maximum atomic E-state index is 13.7. The summed E-state index contributed by atoms with van der Waals surface area (Å²) in [6, 6.07) is 8.10. The van der Waals surface area contributed by atoms with E-state index in [0.29, 0.717) is 10.2 Å². The van der Waals surface area contributed by atoms with Crippen molar-refractivity contribution in [1.29, 1.82) is 5.26 Å². The van der Waals surface area contributed by atoms with Crippen molar-refractivity contribution in [3.05, 3.63) is 52.0 Å². The highest BCUT2D eigenvalue weighted by Gasteiger charge is 2.15. The molecule has 19 heavy (non-hydrogen) atoms. The maximum absolute atomic E-state index is 13.7. The number of anilines is 1. The smallest absolute Gasteiger partial charge is 0.198 e. The van der Waals surface area contributed by atoms with Gasteiger partial charge in [0.05, 0.1) is 16.1 Å². The molecule has 0 aliphatic heterocycles. The van der Waals surface area contributed by atoms with Crippen molar-refractivity contribution < 1.29 is 13.5 Å². The van der Waals surface area contributed by atoms with Gasteiger partial charge in [0.25, 0.3) is 0 Å². The molecular formula is C13H7BrF2N2O. The van der Waals surface area contributed by atoms with E-state index in [1.165, 1.54) is 6.07 Å². The molecule has 0 radical (unpaired) electrons. The van der Waals surface area contributed by atoms with E-state index >= 15 is 0 Å². The van der Waals surface area contributed by atoms with E-state index in [1.54, 1.807) is 18.2 Å². The topological polar surface area (TPSA) is 59.0 Å². The second kappa shape index (κ2) is 5.24. The number of hydrogen-bond acceptors (Lipinski definition) is 3. The summed E-state index contributed by atoms with van der Waals surface area (Å²) in [5.74, 6) is -2.30. The van der Waals surface area contributed by atoms with Crippen molar-refractivity contribution in [2.75, 3.05) is 5.73 Å². The lowest BCUT2D eigenvalue weighted by Gasteiger charge is -2.10. The normalized spacial score (nSPS) is 10.0. The number of halogens is 3. The Morgan fingerprint density at radius 1 is 1.16 bits per heavy atom. The van der Waals surface area contributed by atoms with Crippen molar-refractivity contribution in [2.24, 2.45) is 0 Å². The summed E-state index contributed by atoms with van der Waals surface area (Å²) in [5.41, 5.74) is 5.85. The number of nitriles is 1. The lowest BCUT2D eigenvalue weighted by Crippen LogP contribution is -1.95. The van der Waals surface area contributed by atoms with Crippen LogP contribution in [-0.2, 0) is 0 Å². The third-order valence-electron chi connectivity index (χ3n) is 2.29. The molecule has 0 aromatic heterocycles. The SMILES string of the molecule is N#Cc1cc(F)c(Oc2cc(N)ccc2Br)c(F)c1. The van der Waals surface area contributed by atoms with Crippen LogP contribution in [0, 0.1) is 23.0 Å². The van der Waals surface area contributed by atoms with Gasteiger partial charge in [-0.3, -0.25) is 0 Å². The van der Waals surface area contributed by atoms with Gasteiger partial charge in [-0.15, -0.1) is 0 Å². The molecule has 96 valence electrons. The number of hydrogen-bond donors (Lipinski definition) is 1. The van der Waals surface area contributed by atoms with Crippen molar-refractivity contribution in [3.8, 4) is 17.6 Å². The van der Waals surface area contributed by atoms with Gasteiger partial charge in [0.1, 0.15) is 5.75 Å². The minimum Gasteiger partial charge on any atom is -0.450 e. The number of ether oxygens (including phenoxy) is 1. The molecular weight excluding hydrogens is 318 g/mol. The number of nitrogen functional groups attached to an aromatic ring is 1. The van der Waals surface area contributed by atoms with E-state index in [1.807, 2.05) is 0 Å². The summed E-state index contributed by atoms with van der Waals surface area (Å²) in [5, 5.41) is 8.60. The van der Waals surface area contributed by atoms with Gasteiger partial charge in [-0.05, 0) is 40.2 Å². The van der Waals surface area contributed by atoms with Crippen LogP contribution in [0.5, 0.6) is 11.5 Å². The summed E-state index contributed by atoms with van der Waals surface area (Å²) >= 11 is 3.19. The van der Waals surface area contributed by atoms with Crippen LogP contribution >= 0.6 is 15.9 Å². The Morgan fingerprint density at radius 3 is 2.37 bits per heavy atom. The monoisotopic (exact) mass is 324 g/mol. The number of nitrogens with two attached hydrogens (primary N) is 1. The molecule has 0 heterocycles. The first kappa shape index (κ1) is 13.3. The molecule has 0 bridgehead atoms. The molecule has 0 unspecified atom stereocenters. The fourth-order valence-corrected chi connectivity index (χ4v) is 1.76. The van der Waals surface area contributed by atoms with Gasteiger partial charge in [-0.25, -0.2) is 8.78 Å². The summed E-state index contributed by atoms with van der Waals surface area (Å²) in [7, 11) is 0. The van der Waals surface area contributed by atoms with Gasteiger partial charge in [-0.1, -0.05) is 0 Å². The fraction of sp³-hybridized carbons (Fsp3) is 0. The van der Waals surface area contributed by atoms with Crippen LogP contribution in [0.15, 0.2) is 34.8 Å². The van der Waals surface area contributed by atoms with Gasteiger partial charge in [0.2, 0.25) is 0 Å². The van der Waals surface area contributed by atoms with Crippen LogP contribution < -0.4 is 10.5 Å². The minimum atomic E-state index is -0.953. The first-order chi connectivity index (χ1) is 9.01. The van der Waals surface area contributed by atoms with Crippen LogP contribution in [0.25, 0.3) is 0 Å². The molecule has 0 aliphatic carbocycles. The molecule has 2 N–H and O–H groups in total. The predicted octanol–water partition coefficient (Wildman–Crippen LogP) is 3.97. The molecule has 2 rings (SSSR count). The van der Waals surface area contributed by atoms with E-state index in [2.05, 4.69) is 15.9 Å². The highest BCUT2D eigenvalue weighted by Crippen LogP contribution is 2.34. The van der Waals surface area contributed by atoms with E-state index in [0.717, 1.165) is 12.1 Å². The highest BCUT2D eigenvalue weighted by atomic mass is 79.9. The van der Waals surface area contributed by atoms with Crippen molar-refractivity contribution in [2.45, 2.75) is 0 Å². The molecule has 0 fully saturated rings. The van der Waals surface area contributed by atoms with E-state index in [4.69, 9.17) is 15.7 Å². The number of benzene rings is 2. The quantitative estimate of drug-likeness (QED) is 0.850. The number of rotatable bonds is 2. The predicted molar refractivity (Wildman–Crippen MR) is 69.7 cm³/mol. The lowest BCUT2D eigenvalue weighted by atomic mass is 10.2. The zero-order valence-electron chi connectivity index (χ0n) is 9.45. The Morgan fingerprint density at radius 2 is 1.79 bits per heavy atom. The molecule has 2 aromatic carbocycles. The third kappa shape index (κ3) is 2.83. The molecule has 0 spiro atoms. The summed E-state index contributed by atoms with van der Waals surface area (Å²) in [4.78, 5) is 0. The Hall–Kier alpha value is -2.13. The average molecular weight is 325 g/mol. The molecule has 0 saturated carbocycles. The van der Waals surface area contributed by atoms with Crippen molar-refractivity contribution in [1.82, 2.24) is 0 Å². The maximum Gasteiger partial charge on any atom is 0.198 e. The molecule has 6 heteroatoms. The fourth-order valence-electron chi connectivity index (χ4n) is 1.43. The first-order valence-corrected chi connectivity index (χ1v) is 5.92. The average Bonchev–Trinajstić information content (AvgIpc) is 2.37. The van der Waals surface area contributed by atoms with E-state index in [-0.39, 0.29) is 11.3 Å². The number of nitrogens with zero attached hydrogens (tertiary/aromatic N) is 1. The molecule has 0 atom stereocenters. The second-order valence-electron chi connectivity index (χ2n) is 3.67. The standard InChI is InChI=1S/C13H7BrF2N2O/c14-9-2-1-8(18)5-12(9)19-13-10(15)3-7(6-17)4-11(13)16/h1-5H,18H2. The van der Waals surface area contributed by atoms with Gasteiger partial charge in [-0.2, -0.15) is 5.26 Å². The molecule has 0 amide bonds. The summed E-state index contributed by atoms with van der Waals surface area (Å²) in [6.45, 7) is 0. The lowest BCUT2D eigenvalue weighted by molar-refractivity contribution is 0.405. The van der Waals surface area contributed by atoms with Crippen molar-refractivity contribution in [3.63, 3.8) is 0 Å². The summed E-state index contributed by atoms with van der Waals surface area (Å²) in [6.07, 6.45) is 0. The molecule has 0 saturated heterocycles. The van der Waals surface area contributed by atoms with Crippen LogP contribution in [0.4, 0.5) is 14.5 Å². The van der Waals surface area contributed by atoms with Gasteiger partial charge in [0, 0.05) is 11.8 Å². The van der Waals surface area contributed by atoms with Gasteiger partial charge in [0.15, 0.2) is 17.4 Å². The highest BCUT2D eigenvalue weighted by molar-refractivity contribution is 9.10. The molecule has 3 nitrogen and oxygen atoms in total. The Bertz CT molecular complexity index is 660. The van der Waals surface area contributed by atoms with Crippen LogP contribution in [0.2, 0.25) is 0 Å². The van der Waals surface area contributed by atoms with E-state index in [9.17, 15) is 8.78 Å². The zero-order chi connectivity index (χ0) is 14.0. The second-order valence-corrected chi connectivity index (χ2v) is 4.53.